The zero-order valence-corrected chi connectivity index (χ0v) is 19.7. The molecule has 3 aromatic rings. The van der Waals surface area contributed by atoms with E-state index in [2.05, 4.69) is 60.4 Å². The summed E-state index contributed by atoms with van der Waals surface area (Å²) in [6.07, 6.45) is 1.76. The molecule has 0 saturated carbocycles. The maximum absolute atomic E-state index is 13.2. The molecule has 0 atom stereocenters. The molecule has 1 fully saturated rings. The number of piperidine rings is 1. The van der Waals surface area contributed by atoms with Gasteiger partial charge in [0.25, 0.3) is 0 Å². The minimum Gasteiger partial charge on any atom is -0.444 e. The molecule has 3 aromatic carbocycles. The highest BCUT2D eigenvalue weighted by molar-refractivity contribution is 6.31. The summed E-state index contributed by atoms with van der Waals surface area (Å²) >= 11 is 6.24. The van der Waals surface area contributed by atoms with Crippen LogP contribution >= 0.6 is 11.6 Å². The van der Waals surface area contributed by atoms with Gasteiger partial charge in [-0.05, 0) is 56.1 Å². The third-order valence-corrected chi connectivity index (χ3v) is 7.44. The van der Waals surface area contributed by atoms with Crippen LogP contribution in [0, 0.1) is 6.92 Å². The van der Waals surface area contributed by atoms with Crippen LogP contribution in [0.25, 0.3) is 0 Å². The lowest BCUT2D eigenvalue weighted by molar-refractivity contribution is 0.139. The van der Waals surface area contributed by atoms with Crippen molar-refractivity contribution in [3.05, 3.63) is 100 Å². The van der Waals surface area contributed by atoms with Gasteiger partial charge in [-0.25, -0.2) is 4.79 Å². The van der Waals surface area contributed by atoms with E-state index < -0.39 is 0 Å². The molecule has 2 aliphatic heterocycles. The summed E-state index contributed by atoms with van der Waals surface area (Å²) in [4.78, 5) is 17.5. The smallest absolute Gasteiger partial charge is 0.414 e. The van der Waals surface area contributed by atoms with Gasteiger partial charge in [-0.2, -0.15) is 0 Å². The number of nitrogens with zero attached hydrogens (tertiary/aromatic N) is 2. The van der Waals surface area contributed by atoms with Crippen molar-refractivity contribution in [1.29, 1.82) is 0 Å². The van der Waals surface area contributed by atoms with Crippen LogP contribution in [0.4, 0.5) is 10.5 Å². The van der Waals surface area contributed by atoms with Gasteiger partial charge in [-0.1, -0.05) is 77.8 Å². The Morgan fingerprint density at radius 2 is 1.73 bits per heavy atom. The fourth-order valence-electron chi connectivity index (χ4n) is 5.19. The quantitative estimate of drug-likeness (QED) is 0.455. The van der Waals surface area contributed by atoms with Gasteiger partial charge in [0, 0.05) is 29.1 Å². The first-order valence-electron chi connectivity index (χ1n) is 11.6. The Bertz CT molecular complexity index is 1140. The van der Waals surface area contributed by atoms with Crippen LogP contribution in [-0.2, 0) is 23.3 Å². The Balaban J connectivity index is 1.31. The summed E-state index contributed by atoms with van der Waals surface area (Å²) in [6, 6.07) is 24.6. The molecular weight excluding hydrogens is 432 g/mol. The summed E-state index contributed by atoms with van der Waals surface area (Å²) in [5, 5.41) is 0.616. The lowest BCUT2D eigenvalue weighted by Crippen LogP contribution is -2.45. The van der Waals surface area contributed by atoms with Gasteiger partial charge in [0.1, 0.15) is 6.61 Å². The van der Waals surface area contributed by atoms with E-state index in [-0.39, 0.29) is 18.1 Å². The molecule has 5 heteroatoms. The molecule has 0 bridgehead atoms. The number of amides is 1. The topological polar surface area (TPSA) is 32.8 Å². The van der Waals surface area contributed by atoms with E-state index in [0.29, 0.717) is 11.6 Å². The van der Waals surface area contributed by atoms with Crippen molar-refractivity contribution in [2.24, 2.45) is 0 Å². The van der Waals surface area contributed by atoms with Crippen molar-refractivity contribution >= 4 is 23.4 Å². The van der Waals surface area contributed by atoms with Crippen LogP contribution < -0.4 is 4.90 Å². The van der Waals surface area contributed by atoms with Gasteiger partial charge < -0.3 is 4.74 Å². The summed E-state index contributed by atoms with van der Waals surface area (Å²) in [5.74, 6) is 0. The Morgan fingerprint density at radius 3 is 2.48 bits per heavy atom. The second-order valence-corrected chi connectivity index (χ2v) is 9.70. The van der Waals surface area contributed by atoms with Gasteiger partial charge >= 0.3 is 6.09 Å². The second kappa shape index (κ2) is 9.20. The highest BCUT2D eigenvalue weighted by Gasteiger charge is 2.46. The van der Waals surface area contributed by atoms with E-state index in [1.54, 1.807) is 0 Å². The van der Waals surface area contributed by atoms with Gasteiger partial charge in [0.2, 0.25) is 0 Å². The predicted octanol–water partition coefficient (Wildman–Crippen LogP) is 6.34. The largest absolute Gasteiger partial charge is 0.444 e. The number of carbonyl (C=O) groups is 1. The lowest BCUT2D eigenvalue weighted by atomic mass is 9.74. The Hall–Kier alpha value is -2.82. The number of likely N-dealkylation sites (tertiary alicyclic amines) is 1. The maximum atomic E-state index is 13.2. The Kier molecular flexibility index (Phi) is 6.13. The van der Waals surface area contributed by atoms with Crippen LogP contribution in [0.15, 0.2) is 72.8 Å². The Morgan fingerprint density at radius 1 is 1.00 bits per heavy atom. The molecule has 1 spiro atoms. The SMILES string of the molecule is Cc1ccc2c(c1)C1(CCN(Cc3ccccc3)CC1)CN2C(=O)OCc1ccccc1Cl. The van der Waals surface area contributed by atoms with E-state index >= 15 is 0 Å². The Labute approximate surface area is 200 Å². The van der Waals surface area contributed by atoms with Gasteiger partial charge in [0.05, 0.1) is 5.69 Å². The van der Waals surface area contributed by atoms with E-state index in [0.717, 1.165) is 43.7 Å². The van der Waals surface area contributed by atoms with Gasteiger partial charge in [-0.15, -0.1) is 0 Å². The molecule has 4 nitrogen and oxygen atoms in total. The third kappa shape index (κ3) is 4.50. The molecule has 0 N–H and O–H groups in total. The number of anilines is 1. The molecule has 0 aromatic heterocycles. The summed E-state index contributed by atoms with van der Waals surface area (Å²) < 4.78 is 5.71. The molecule has 0 unspecified atom stereocenters. The number of fused-ring (bicyclic) bond motifs is 2. The highest BCUT2D eigenvalue weighted by Crippen LogP contribution is 2.47. The maximum Gasteiger partial charge on any atom is 0.414 e. The van der Waals surface area contributed by atoms with E-state index in [9.17, 15) is 4.79 Å². The molecule has 5 rings (SSSR count). The first-order valence-corrected chi connectivity index (χ1v) is 12.0. The predicted molar refractivity (Wildman–Crippen MR) is 133 cm³/mol. The van der Waals surface area contributed by atoms with Crippen LogP contribution in [0.3, 0.4) is 0 Å². The second-order valence-electron chi connectivity index (χ2n) is 9.29. The van der Waals surface area contributed by atoms with Gasteiger partial charge in [-0.3, -0.25) is 9.80 Å². The number of hydrogen-bond donors (Lipinski definition) is 0. The monoisotopic (exact) mass is 460 g/mol. The number of rotatable bonds is 4. The van der Waals surface area contributed by atoms with Crippen molar-refractivity contribution in [2.75, 3.05) is 24.5 Å². The number of aryl methyl sites for hydroxylation is 1. The van der Waals surface area contributed by atoms with Gasteiger partial charge in [0.15, 0.2) is 0 Å². The number of benzene rings is 3. The van der Waals surface area contributed by atoms with Crippen LogP contribution in [0.1, 0.15) is 35.1 Å². The standard InChI is InChI=1S/C28H29ClN2O2/c1-21-11-12-26-24(17-21)28(13-15-30(16-14-28)18-22-7-3-2-4-8-22)20-31(26)27(32)33-19-23-9-5-6-10-25(23)29/h2-12,17H,13-16,18-20H2,1H3. The molecule has 0 aliphatic carbocycles. The average Bonchev–Trinajstić information content (AvgIpc) is 3.14. The van der Waals surface area contributed by atoms with Crippen LogP contribution in [0.5, 0.6) is 0 Å². The first kappa shape index (κ1) is 22.0. The summed E-state index contributed by atoms with van der Waals surface area (Å²) in [7, 11) is 0. The number of halogens is 1. The van der Waals surface area contributed by atoms with Crippen molar-refractivity contribution in [3.8, 4) is 0 Å². The van der Waals surface area contributed by atoms with Crippen molar-refractivity contribution < 1.29 is 9.53 Å². The normalized spacial score (nSPS) is 17.2. The van der Waals surface area contributed by atoms with E-state index in [4.69, 9.17) is 16.3 Å². The van der Waals surface area contributed by atoms with Crippen LogP contribution in [0.2, 0.25) is 5.02 Å². The van der Waals surface area contributed by atoms with E-state index in [1.165, 1.54) is 16.7 Å². The molecule has 1 saturated heterocycles. The first-order chi connectivity index (χ1) is 16.0. The zero-order valence-electron chi connectivity index (χ0n) is 19.0. The number of hydrogen-bond acceptors (Lipinski definition) is 3. The fourth-order valence-corrected chi connectivity index (χ4v) is 5.38. The van der Waals surface area contributed by atoms with Crippen LogP contribution in [-0.4, -0.2) is 30.6 Å². The summed E-state index contributed by atoms with van der Waals surface area (Å²) in [6.45, 7) is 5.98. The highest BCUT2D eigenvalue weighted by atomic mass is 35.5. The number of carbonyl (C=O) groups excluding carboxylic acids is 1. The average molecular weight is 461 g/mol. The summed E-state index contributed by atoms with van der Waals surface area (Å²) in [5.41, 5.74) is 5.66. The molecular formula is C28H29ClN2O2. The fraction of sp³-hybridized carbons (Fsp3) is 0.321. The minimum atomic E-state index is -0.302. The van der Waals surface area contributed by atoms with Crippen molar-refractivity contribution in [3.63, 3.8) is 0 Å². The molecule has 33 heavy (non-hydrogen) atoms. The molecule has 2 aliphatic rings. The third-order valence-electron chi connectivity index (χ3n) is 7.07. The zero-order chi connectivity index (χ0) is 22.8. The minimum absolute atomic E-state index is 0.0159. The van der Waals surface area contributed by atoms with Crippen molar-refractivity contribution in [2.45, 2.75) is 38.3 Å². The molecule has 1 amide bonds. The number of ether oxygens (including phenoxy) is 1. The molecule has 0 radical (unpaired) electrons. The molecule has 2 heterocycles. The lowest BCUT2D eigenvalue weighted by Gasteiger charge is -2.40. The van der Waals surface area contributed by atoms with E-state index in [1.807, 2.05) is 29.2 Å². The molecule has 170 valence electrons. The van der Waals surface area contributed by atoms with Crippen molar-refractivity contribution in [1.82, 2.24) is 4.90 Å².